The molecule has 98 valence electrons. The van der Waals surface area contributed by atoms with E-state index in [1.165, 1.54) is 0 Å². The predicted octanol–water partition coefficient (Wildman–Crippen LogP) is 0.133. The van der Waals surface area contributed by atoms with Gasteiger partial charge in [0.05, 0.1) is 5.69 Å². The van der Waals surface area contributed by atoms with Gasteiger partial charge in [-0.1, -0.05) is 6.07 Å². The van der Waals surface area contributed by atoms with E-state index in [-0.39, 0.29) is 12.5 Å². The first-order valence-electron chi connectivity index (χ1n) is 6.17. The molecule has 0 unspecified atom stereocenters. The number of carbonyl (C=O) groups is 1. The van der Waals surface area contributed by atoms with Gasteiger partial charge in [-0.2, -0.15) is 0 Å². The lowest BCUT2D eigenvalue weighted by Gasteiger charge is -2.29. The van der Waals surface area contributed by atoms with Crippen molar-refractivity contribution < 1.29 is 9.53 Å². The summed E-state index contributed by atoms with van der Waals surface area (Å²) in [5, 5.41) is 3.05. The van der Waals surface area contributed by atoms with E-state index in [2.05, 4.69) is 5.32 Å². The number of fused-ring (bicyclic) bond motifs is 1. The van der Waals surface area contributed by atoms with Crippen LogP contribution in [0, 0.1) is 0 Å². The van der Waals surface area contributed by atoms with Crippen LogP contribution >= 0.6 is 0 Å². The number of benzene rings is 1. The molecule has 1 aromatic rings. The van der Waals surface area contributed by atoms with Gasteiger partial charge in [0, 0.05) is 13.1 Å². The molecule has 18 heavy (non-hydrogen) atoms. The summed E-state index contributed by atoms with van der Waals surface area (Å²) < 4.78 is 5.44. The lowest BCUT2D eigenvalue weighted by Crippen LogP contribution is -2.42. The Morgan fingerprint density at radius 2 is 2.33 bits per heavy atom. The van der Waals surface area contributed by atoms with Gasteiger partial charge in [-0.25, -0.2) is 0 Å². The minimum absolute atomic E-state index is 0.00245. The van der Waals surface area contributed by atoms with Gasteiger partial charge in [-0.05, 0) is 37.7 Å². The molecule has 0 aliphatic carbocycles. The van der Waals surface area contributed by atoms with Crippen LogP contribution in [-0.2, 0) is 11.2 Å². The van der Waals surface area contributed by atoms with Gasteiger partial charge in [0.15, 0.2) is 6.61 Å². The van der Waals surface area contributed by atoms with E-state index in [0.717, 1.165) is 30.0 Å². The molecule has 1 aromatic carbocycles. The topological polar surface area (TPSA) is 67.6 Å². The van der Waals surface area contributed by atoms with Crippen molar-refractivity contribution >= 4 is 11.6 Å². The monoisotopic (exact) mass is 249 g/mol. The summed E-state index contributed by atoms with van der Waals surface area (Å²) >= 11 is 0. The van der Waals surface area contributed by atoms with Crippen LogP contribution in [0.15, 0.2) is 18.2 Å². The second-order valence-corrected chi connectivity index (χ2v) is 4.28. The molecule has 0 aromatic heterocycles. The SMILES string of the molecule is CNCCN1C(=O)COc2ccc(CCN)cc21. The third-order valence-electron chi connectivity index (χ3n) is 2.98. The first-order chi connectivity index (χ1) is 8.76. The number of hydrogen-bond acceptors (Lipinski definition) is 4. The van der Waals surface area contributed by atoms with Gasteiger partial charge in [0.1, 0.15) is 5.75 Å². The van der Waals surface area contributed by atoms with Crippen LogP contribution < -0.4 is 20.7 Å². The highest BCUT2D eigenvalue weighted by molar-refractivity contribution is 5.97. The first kappa shape index (κ1) is 12.9. The third kappa shape index (κ3) is 2.63. The lowest BCUT2D eigenvalue weighted by molar-refractivity contribution is -0.121. The molecule has 0 saturated heterocycles. The minimum atomic E-state index is 0.00245. The maximum absolute atomic E-state index is 11.9. The van der Waals surface area contributed by atoms with Gasteiger partial charge in [0.25, 0.3) is 5.91 Å². The van der Waals surface area contributed by atoms with Crippen LogP contribution in [0.1, 0.15) is 5.56 Å². The van der Waals surface area contributed by atoms with E-state index in [9.17, 15) is 4.79 Å². The van der Waals surface area contributed by atoms with Crippen molar-refractivity contribution in [2.24, 2.45) is 5.73 Å². The number of ether oxygens (including phenoxy) is 1. The zero-order valence-electron chi connectivity index (χ0n) is 10.6. The van der Waals surface area contributed by atoms with Crippen molar-refractivity contribution in [1.82, 2.24) is 5.32 Å². The van der Waals surface area contributed by atoms with Gasteiger partial charge in [-0.3, -0.25) is 4.79 Å². The number of anilines is 1. The van der Waals surface area contributed by atoms with Crippen LogP contribution in [0.25, 0.3) is 0 Å². The number of nitrogens with two attached hydrogens (primary N) is 1. The number of nitrogens with one attached hydrogen (secondary N) is 1. The van der Waals surface area contributed by atoms with E-state index in [4.69, 9.17) is 10.5 Å². The van der Waals surface area contributed by atoms with Crippen molar-refractivity contribution in [1.29, 1.82) is 0 Å². The molecule has 0 radical (unpaired) electrons. The summed E-state index contributed by atoms with van der Waals surface area (Å²) in [6.45, 7) is 2.13. The lowest BCUT2D eigenvalue weighted by atomic mass is 10.1. The standard InChI is InChI=1S/C13H19N3O2/c1-15-6-7-16-11-8-10(4-5-14)2-3-12(11)18-9-13(16)17/h2-3,8,15H,4-7,9,14H2,1H3. The highest BCUT2D eigenvalue weighted by atomic mass is 16.5. The fraction of sp³-hybridized carbons (Fsp3) is 0.462. The minimum Gasteiger partial charge on any atom is -0.482 e. The Bertz CT molecular complexity index is 434. The Morgan fingerprint density at radius 3 is 3.06 bits per heavy atom. The Balaban J connectivity index is 2.27. The molecular formula is C13H19N3O2. The van der Waals surface area contributed by atoms with Crippen molar-refractivity contribution in [3.05, 3.63) is 23.8 Å². The molecular weight excluding hydrogens is 230 g/mol. The molecule has 1 aliphatic rings. The molecule has 0 saturated carbocycles. The van der Waals surface area contributed by atoms with E-state index in [1.54, 1.807) is 4.90 Å². The van der Waals surface area contributed by atoms with Gasteiger partial charge in [-0.15, -0.1) is 0 Å². The van der Waals surface area contributed by atoms with Gasteiger partial charge >= 0.3 is 0 Å². The number of carbonyl (C=O) groups excluding carboxylic acids is 1. The average molecular weight is 249 g/mol. The smallest absolute Gasteiger partial charge is 0.265 e. The average Bonchev–Trinajstić information content (AvgIpc) is 2.38. The Hall–Kier alpha value is -1.59. The summed E-state index contributed by atoms with van der Waals surface area (Å²) in [5.74, 6) is 0.772. The number of rotatable bonds is 5. The Morgan fingerprint density at radius 1 is 1.50 bits per heavy atom. The van der Waals surface area contributed by atoms with Crippen molar-refractivity contribution in [2.45, 2.75) is 6.42 Å². The molecule has 5 heteroatoms. The number of nitrogens with zero attached hydrogens (tertiary/aromatic N) is 1. The first-order valence-corrected chi connectivity index (χ1v) is 6.17. The van der Waals surface area contributed by atoms with Crippen molar-refractivity contribution in [2.75, 3.05) is 38.2 Å². The molecule has 3 N–H and O–H groups in total. The zero-order chi connectivity index (χ0) is 13.0. The molecule has 1 heterocycles. The zero-order valence-corrected chi connectivity index (χ0v) is 10.6. The van der Waals surface area contributed by atoms with Crippen molar-refractivity contribution in [3.63, 3.8) is 0 Å². The summed E-state index contributed by atoms with van der Waals surface area (Å²) in [6.07, 6.45) is 0.807. The summed E-state index contributed by atoms with van der Waals surface area (Å²) in [4.78, 5) is 13.7. The van der Waals surface area contributed by atoms with Crippen LogP contribution in [0.5, 0.6) is 5.75 Å². The summed E-state index contributed by atoms with van der Waals surface area (Å²) in [6, 6.07) is 5.91. The van der Waals surface area contributed by atoms with Crippen LogP contribution in [0.4, 0.5) is 5.69 Å². The second-order valence-electron chi connectivity index (χ2n) is 4.28. The predicted molar refractivity (Wildman–Crippen MR) is 71.0 cm³/mol. The van der Waals surface area contributed by atoms with Gasteiger partial charge < -0.3 is 20.7 Å². The molecule has 0 atom stereocenters. The van der Waals surface area contributed by atoms with Gasteiger partial charge in [0.2, 0.25) is 0 Å². The summed E-state index contributed by atoms with van der Waals surface area (Å²) in [5.41, 5.74) is 7.54. The Labute approximate surface area is 107 Å². The van der Waals surface area contributed by atoms with E-state index in [1.807, 2.05) is 25.2 Å². The maximum Gasteiger partial charge on any atom is 0.265 e. The fourth-order valence-corrected chi connectivity index (χ4v) is 2.04. The second kappa shape index (κ2) is 5.84. The normalized spacial score (nSPS) is 14.3. The molecule has 5 nitrogen and oxygen atoms in total. The number of likely N-dealkylation sites (N-methyl/N-ethyl adjacent to an activating group) is 1. The van der Waals surface area contributed by atoms with E-state index < -0.39 is 0 Å². The quantitative estimate of drug-likeness (QED) is 0.778. The molecule has 0 fully saturated rings. The van der Waals surface area contributed by atoms with Crippen LogP contribution in [0.3, 0.4) is 0 Å². The number of hydrogen-bond donors (Lipinski definition) is 2. The van der Waals surface area contributed by atoms with E-state index >= 15 is 0 Å². The van der Waals surface area contributed by atoms with E-state index in [0.29, 0.717) is 13.1 Å². The van der Waals surface area contributed by atoms with Crippen LogP contribution in [-0.4, -0.2) is 39.2 Å². The highest BCUT2D eigenvalue weighted by Crippen LogP contribution is 2.32. The molecule has 0 spiro atoms. The highest BCUT2D eigenvalue weighted by Gasteiger charge is 2.25. The molecule has 1 amide bonds. The maximum atomic E-state index is 11.9. The molecule has 1 aliphatic heterocycles. The van der Waals surface area contributed by atoms with Crippen molar-refractivity contribution in [3.8, 4) is 5.75 Å². The summed E-state index contributed by atoms with van der Waals surface area (Å²) in [7, 11) is 1.87. The molecule has 0 bridgehead atoms. The third-order valence-corrected chi connectivity index (χ3v) is 2.98. The Kier molecular flexibility index (Phi) is 4.17. The fourth-order valence-electron chi connectivity index (χ4n) is 2.04. The number of amides is 1. The molecule has 2 rings (SSSR count). The largest absolute Gasteiger partial charge is 0.482 e. The van der Waals surface area contributed by atoms with Crippen LogP contribution in [0.2, 0.25) is 0 Å².